The van der Waals surface area contributed by atoms with Crippen molar-refractivity contribution in [3.05, 3.63) is 226 Å². The maximum atomic E-state index is 16.2. The third-order valence-corrected chi connectivity index (χ3v) is 18.5. The zero-order chi connectivity index (χ0) is 67.4. The number of hydrogen-bond donors (Lipinski definition) is 2. The fourth-order valence-electron chi connectivity index (χ4n) is 13.4. The van der Waals surface area contributed by atoms with Gasteiger partial charge in [-0.1, -0.05) is 167 Å². The molecule has 11 aromatic carbocycles. The number of ether oxygens (including phenoxy) is 4. The van der Waals surface area contributed by atoms with Crippen LogP contribution in [-0.2, 0) is 9.59 Å². The molecular formula is C82H76N4O10. The minimum absolute atomic E-state index is 0.0594. The van der Waals surface area contributed by atoms with Crippen LogP contribution in [0.5, 0.6) is 46.0 Å². The molecule has 2 aliphatic heterocycles. The number of hydrogen-bond acceptors (Lipinski definition) is 10. The maximum Gasteiger partial charge on any atom is 0.262 e. The van der Waals surface area contributed by atoms with Crippen LogP contribution < -0.4 is 29.6 Å². The van der Waals surface area contributed by atoms with E-state index in [1.165, 1.54) is 0 Å². The molecule has 0 aromatic heterocycles. The van der Waals surface area contributed by atoms with Gasteiger partial charge in [0.2, 0.25) is 11.8 Å². The molecule has 14 heteroatoms. The molecule has 0 saturated carbocycles. The molecule has 2 N–H and O–H groups in total. The lowest BCUT2D eigenvalue weighted by Gasteiger charge is -2.35. The molecule has 0 spiro atoms. The van der Waals surface area contributed by atoms with Gasteiger partial charge < -0.3 is 29.6 Å². The Morgan fingerprint density at radius 1 is 0.333 bits per heavy atom. The van der Waals surface area contributed by atoms with Crippen LogP contribution in [0.4, 0.5) is 11.4 Å². The Kier molecular flexibility index (Phi) is 17.4. The summed E-state index contributed by atoms with van der Waals surface area (Å²) in [5.74, 6) is -1.22. The second-order valence-corrected chi connectivity index (χ2v) is 26.3. The Bertz CT molecular complexity index is 4310. The SMILES string of the molecule is CCCC(C(=O)Nc1ccccc1)N1C(=O)c2cc(Oc3ccc(C(C)C)cc3)c3c4c(Oc5ccc(C(C)C)cc5)cc5c6c(cc(Oc7ccc(C(C)C)cc7)c(c7c(Oc8ccc(C(C)C)cc8)cc(c2c37)C1=O)c64)C(=O)N(C(CCC)C(=O)Nc1ccccc1)C5=O. The molecule has 2 unspecified atom stereocenters. The number of carbonyl (C=O) groups is 6. The van der Waals surface area contributed by atoms with Gasteiger partial charge in [-0.3, -0.25) is 38.6 Å². The fourth-order valence-corrected chi connectivity index (χ4v) is 13.4. The molecule has 0 fully saturated rings. The topological polar surface area (TPSA) is 170 Å². The van der Waals surface area contributed by atoms with E-state index in [-0.39, 0.29) is 92.5 Å². The summed E-state index contributed by atoms with van der Waals surface area (Å²) < 4.78 is 29.1. The summed E-state index contributed by atoms with van der Waals surface area (Å²) in [5.41, 5.74) is 5.42. The molecule has 0 saturated heterocycles. The smallest absolute Gasteiger partial charge is 0.262 e. The van der Waals surface area contributed by atoms with Crippen molar-refractivity contribution in [1.82, 2.24) is 9.80 Å². The van der Waals surface area contributed by atoms with Crippen molar-refractivity contribution in [2.75, 3.05) is 10.6 Å². The van der Waals surface area contributed by atoms with Gasteiger partial charge in [0.1, 0.15) is 58.1 Å². The van der Waals surface area contributed by atoms with Gasteiger partial charge in [-0.05, 0) is 156 Å². The Morgan fingerprint density at radius 3 is 0.792 bits per heavy atom. The standard InChI is InChI=1S/C82H76N4O10/c1-11-19-63(77(87)83-53-21-15-13-16-22-53)85-79(89)59-41-65(93-55-33-25-49(26-34-55)45(3)4)71-73-67(95-57-37-29-51(30-38-57)47(7)8)43-61-70-62(82(92)86(81(61)91)64(20-12-2)78(88)84-54-23-17-14-18-24-54)44-68(96-58-39-31-52(32-40-58)48(9)10)74(76(70)73)72-66(42-60(80(85)90)69(59)75(71)72)94-56-35-27-50(28-36-56)46(5)6/h13-18,21-48,63-64H,11-12,19-20H2,1-10H3,(H,83,87)(H,84,88). The molecule has 96 heavy (non-hydrogen) atoms. The molecule has 0 radical (unpaired) electrons. The van der Waals surface area contributed by atoms with Crippen LogP contribution in [0.2, 0.25) is 0 Å². The normalized spacial score (nSPS) is 13.7. The molecule has 2 aliphatic rings. The number of nitrogens with zero attached hydrogens (tertiary/aromatic N) is 2. The zero-order valence-corrected chi connectivity index (χ0v) is 55.6. The van der Waals surface area contributed by atoms with Crippen LogP contribution in [0.1, 0.15) is 182 Å². The first-order valence-corrected chi connectivity index (χ1v) is 33.3. The third-order valence-electron chi connectivity index (χ3n) is 18.5. The van der Waals surface area contributed by atoms with Crippen LogP contribution in [0, 0.1) is 0 Å². The highest BCUT2D eigenvalue weighted by Crippen LogP contribution is 2.58. The Balaban J connectivity index is 1.20. The molecule has 2 heterocycles. The van der Waals surface area contributed by atoms with Crippen LogP contribution in [-0.4, -0.2) is 57.3 Å². The summed E-state index contributed by atoms with van der Waals surface area (Å²) in [6.45, 7) is 20.6. The Morgan fingerprint density at radius 2 is 0.573 bits per heavy atom. The number of rotatable bonds is 22. The van der Waals surface area contributed by atoms with Gasteiger partial charge in [0.25, 0.3) is 23.6 Å². The van der Waals surface area contributed by atoms with E-state index in [1.54, 1.807) is 72.8 Å². The van der Waals surface area contributed by atoms with E-state index in [1.807, 2.05) is 123 Å². The van der Waals surface area contributed by atoms with E-state index < -0.39 is 47.5 Å². The lowest BCUT2D eigenvalue weighted by atomic mass is 9.80. The van der Waals surface area contributed by atoms with Gasteiger partial charge in [-0.25, -0.2) is 0 Å². The average molecular weight is 1280 g/mol. The molecular weight excluding hydrogens is 1200 g/mol. The summed E-state index contributed by atoms with van der Waals surface area (Å²) in [6.07, 6.45) is 1.13. The van der Waals surface area contributed by atoms with Crippen molar-refractivity contribution in [3.8, 4) is 46.0 Å². The van der Waals surface area contributed by atoms with Gasteiger partial charge >= 0.3 is 0 Å². The molecule has 0 aliphatic carbocycles. The second kappa shape index (κ2) is 26.1. The van der Waals surface area contributed by atoms with E-state index in [9.17, 15) is 9.59 Å². The minimum atomic E-state index is -1.27. The van der Waals surface area contributed by atoms with Crippen LogP contribution in [0.15, 0.2) is 182 Å². The first-order chi connectivity index (χ1) is 46.3. The van der Waals surface area contributed by atoms with Gasteiger partial charge in [0, 0.05) is 54.5 Å². The summed E-state index contributed by atoms with van der Waals surface area (Å²) in [5, 5.41) is 8.44. The largest absolute Gasteiger partial charge is 0.457 e. The quantitative estimate of drug-likeness (QED) is 0.0378. The van der Waals surface area contributed by atoms with Crippen molar-refractivity contribution >= 4 is 89.9 Å². The molecule has 13 rings (SSSR count). The Labute approximate surface area is 558 Å². The number of nitrogens with one attached hydrogen (secondary N) is 2. The minimum Gasteiger partial charge on any atom is -0.457 e. The summed E-state index contributed by atoms with van der Waals surface area (Å²) in [7, 11) is 0. The molecule has 2 atom stereocenters. The lowest BCUT2D eigenvalue weighted by Crippen LogP contribution is -2.52. The predicted molar refractivity (Wildman–Crippen MR) is 379 cm³/mol. The summed E-state index contributed by atoms with van der Waals surface area (Å²) in [4.78, 5) is 96.5. The maximum absolute atomic E-state index is 16.2. The summed E-state index contributed by atoms with van der Waals surface area (Å²) >= 11 is 0. The number of amides is 6. The van der Waals surface area contributed by atoms with Crippen LogP contribution in [0.25, 0.3) is 43.1 Å². The van der Waals surface area contributed by atoms with E-state index >= 15 is 19.2 Å². The second-order valence-electron chi connectivity index (χ2n) is 26.3. The molecule has 6 amide bonds. The molecule has 14 nitrogen and oxygen atoms in total. The monoisotopic (exact) mass is 1280 g/mol. The zero-order valence-electron chi connectivity index (χ0n) is 55.6. The van der Waals surface area contributed by atoms with E-state index in [4.69, 9.17) is 18.9 Å². The van der Waals surface area contributed by atoms with E-state index in [2.05, 4.69) is 66.0 Å². The molecule has 484 valence electrons. The van der Waals surface area contributed by atoms with Crippen molar-refractivity contribution in [1.29, 1.82) is 0 Å². The molecule has 0 bridgehead atoms. The van der Waals surface area contributed by atoms with Crippen molar-refractivity contribution in [2.24, 2.45) is 0 Å². The Hall–Kier alpha value is -10.9. The first kappa shape index (κ1) is 63.9. The number of imide groups is 2. The van der Waals surface area contributed by atoms with Gasteiger partial charge in [0.15, 0.2) is 0 Å². The first-order valence-electron chi connectivity index (χ1n) is 33.3. The highest BCUT2D eigenvalue weighted by molar-refractivity contribution is 6.45. The average Bonchev–Trinajstić information content (AvgIpc) is 0.671. The van der Waals surface area contributed by atoms with Gasteiger partial charge in [-0.2, -0.15) is 0 Å². The van der Waals surface area contributed by atoms with Crippen molar-refractivity contribution in [3.63, 3.8) is 0 Å². The lowest BCUT2D eigenvalue weighted by molar-refractivity contribution is -0.120. The number of para-hydroxylation sites is 2. The van der Waals surface area contributed by atoms with E-state index in [0.29, 0.717) is 79.5 Å². The number of fused-ring (bicyclic) bond motifs is 2. The molecule has 11 aromatic rings. The van der Waals surface area contributed by atoms with Crippen LogP contribution >= 0.6 is 0 Å². The number of anilines is 2. The number of benzene rings is 11. The van der Waals surface area contributed by atoms with Crippen LogP contribution in [0.3, 0.4) is 0 Å². The van der Waals surface area contributed by atoms with Gasteiger partial charge in [-0.15, -0.1) is 0 Å². The predicted octanol–water partition coefficient (Wildman–Crippen LogP) is 20.2. The highest BCUT2D eigenvalue weighted by Gasteiger charge is 2.46. The van der Waals surface area contributed by atoms with Crippen molar-refractivity contribution < 1.29 is 47.7 Å². The summed E-state index contributed by atoms with van der Waals surface area (Å²) in [6, 6.07) is 52.4. The number of carbonyl (C=O) groups excluding carboxylic acids is 6. The highest BCUT2D eigenvalue weighted by atomic mass is 16.5. The van der Waals surface area contributed by atoms with E-state index in [0.717, 1.165) is 32.1 Å². The van der Waals surface area contributed by atoms with Gasteiger partial charge in [0.05, 0.1) is 22.3 Å². The third kappa shape index (κ3) is 11.7. The fraction of sp³-hybridized carbons (Fsp3) is 0.244. The van der Waals surface area contributed by atoms with Crippen molar-refractivity contribution in [2.45, 2.75) is 131 Å².